The van der Waals surface area contributed by atoms with Gasteiger partial charge in [0, 0.05) is 22.9 Å². The molecule has 0 spiro atoms. The number of aryl methyl sites for hydroxylation is 1. The molecule has 2 nitrogen and oxygen atoms in total. The highest BCUT2D eigenvalue weighted by molar-refractivity contribution is 5.83. The van der Waals surface area contributed by atoms with Crippen LogP contribution in [0.1, 0.15) is 56.9 Å². The van der Waals surface area contributed by atoms with Crippen molar-refractivity contribution in [1.82, 2.24) is 9.55 Å². The van der Waals surface area contributed by atoms with Crippen LogP contribution in [-0.4, -0.2) is 9.55 Å². The van der Waals surface area contributed by atoms with E-state index in [9.17, 15) is 0 Å². The summed E-state index contributed by atoms with van der Waals surface area (Å²) in [5.41, 5.74) is 13.4. The monoisotopic (exact) mass is 574 g/mol. The smallest absolute Gasteiger partial charge is 0.144 e. The summed E-state index contributed by atoms with van der Waals surface area (Å²) < 4.78 is 2.46. The predicted octanol–water partition coefficient (Wildman–Crippen LogP) is 11.6. The maximum absolute atomic E-state index is 5.09. The zero-order valence-electron chi connectivity index (χ0n) is 26.6. The highest BCUT2D eigenvalue weighted by atomic mass is 15.1. The zero-order chi connectivity index (χ0) is 30.7. The quantitative estimate of drug-likeness (QED) is 0.168. The van der Waals surface area contributed by atoms with Crippen molar-refractivity contribution in [2.24, 2.45) is 0 Å². The summed E-state index contributed by atoms with van der Waals surface area (Å²) in [6.07, 6.45) is 5.59. The summed E-state index contributed by atoms with van der Waals surface area (Å²) in [6, 6.07) is 43.6. The molecule has 0 saturated carbocycles. The van der Waals surface area contributed by atoms with Crippen molar-refractivity contribution in [3.05, 3.63) is 144 Å². The van der Waals surface area contributed by atoms with Gasteiger partial charge < -0.3 is 0 Å². The van der Waals surface area contributed by atoms with Crippen LogP contribution >= 0.6 is 0 Å². The van der Waals surface area contributed by atoms with E-state index in [1.807, 2.05) is 0 Å². The van der Waals surface area contributed by atoms with Crippen LogP contribution in [0.3, 0.4) is 0 Å². The van der Waals surface area contributed by atoms with Gasteiger partial charge in [-0.1, -0.05) is 137 Å². The normalized spacial score (nSPS) is 11.6. The number of benzene rings is 5. The third-order valence-corrected chi connectivity index (χ3v) is 8.96. The molecule has 1 heterocycles. The minimum Gasteiger partial charge on any atom is -0.296 e. The van der Waals surface area contributed by atoms with Crippen LogP contribution in [0.15, 0.2) is 128 Å². The van der Waals surface area contributed by atoms with Gasteiger partial charge in [-0.05, 0) is 83.0 Å². The highest BCUT2D eigenvalue weighted by Crippen LogP contribution is 2.40. The Kier molecular flexibility index (Phi) is 8.35. The molecule has 0 aliphatic heterocycles. The summed E-state index contributed by atoms with van der Waals surface area (Å²) in [7, 11) is 0. The molecule has 0 aliphatic rings. The second kappa shape index (κ2) is 12.5. The fraction of sp³-hybridized carbons (Fsp3) is 0.214. The highest BCUT2D eigenvalue weighted by Gasteiger charge is 2.29. The third-order valence-electron chi connectivity index (χ3n) is 8.96. The largest absolute Gasteiger partial charge is 0.296 e. The molecule has 220 valence electrons. The van der Waals surface area contributed by atoms with Gasteiger partial charge in [-0.2, -0.15) is 0 Å². The van der Waals surface area contributed by atoms with E-state index >= 15 is 0 Å². The van der Waals surface area contributed by atoms with Gasteiger partial charge in [0.15, 0.2) is 0 Å². The van der Waals surface area contributed by atoms with Crippen LogP contribution in [0.5, 0.6) is 0 Å². The van der Waals surface area contributed by atoms with E-state index < -0.39 is 0 Å². The maximum atomic E-state index is 5.09. The molecule has 0 aliphatic carbocycles. The van der Waals surface area contributed by atoms with Gasteiger partial charge >= 0.3 is 0 Å². The molecule has 0 saturated heterocycles. The summed E-state index contributed by atoms with van der Waals surface area (Å²) >= 11 is 0. The molecule has 0 N–H and O–H groups in total. The van der Waals surface area contributed by atoms with Gasteiger partial charge in [0.2, 0.25) is 0 Å². The molecule has 5 aromatic carbocycles. The summed E-state index contributed by atoms with van der Waals surface area (Å²) in [5.74, 6) is 0.997. The molecule has 1 aromatic heterocycles. The lowest BCUT2D eigenvalue weighted by molar-refractivity contribution is 0.439. The van der Waals surface area contributed by atoms with Crippen molar-refractivity contribution >= 4 is 0 Å². The van der Waals surface area contributed by atoms with Gasteiger partial charge in [0.25, 0.3) is 0 Å². The average molecular weight is 575 g/mol. The first kappa shape index (κ1) is 29.4. The van der Waals surface area contributed by atoms with Crippen molar-refractivity contribution in [2.75, 3.05) is 0 Å². The molecular formula is C42H42N2. The van der Waals surface area contributed by atoms with Gasteiger partial charge in [-0.3, -0.25) is 4.57 Å². The lowest BCUT2D eigenvalue weighted by Gasteiger charge is -2.29. The van der Waals surface area contributed by atoms with Crippen LogP contribution in [0.25, 0.3) is 50.5 Å². The standard InChI is InChI=1S/C42H42N2/c1-6-7-25-42(4,5)39-29-43-41(34-21-15-10-16-22-34)44(39)40-30(2)23-24-38(31(40)3)37-27-35(32-17-11-8-12-18-32)26-36(28-37)33-19-13-9-14-20-33/h8-24,26-29H,6-7,25H2,1-5H3. The van der Waals surface area contributed by atoms with E-state index in [-0.39, 0.29) is 5.41 Å². The third kappa shape index (κ3) is 5.77. The van der Waals surface area contributed by atoms with Crippen molar-refractivity contribution in [3.8, 4) is 50.5 Å². The Morgan fingerprint density at radius 1 is 0.614 bits per heavy atom. The SMILES string of the molecule is CCCCC(C)(C)c1cnc(-c2ccccc2)n1-c1c(C)ccc(-c2cc(-c3ccccc3)cc(-c3ccccc3)c2)c1C. The Balaban J connectivity index is 1.59. The van der Waals surface area contributed by atoms with Crippen LogP contribution in [0.2, 0.25) is 0 Å². The number of hydrogen-bond acceptors (Lipinski definition) is 1. The van der Waals surface area contributed by atoms with Crippen molar-refractivity contribution < 1.29 is 0 Å². The lowest BCUT2D eigenvalue weighted by atomic mass is 9.83. The molecule has 2 heteroatoms. The van der Waals surface area contributed by atoms with Crippen LogP contribution in [0, 0.1) is 13.8 Å². The second-order valence-electron chi connectivity index (χ2n) is 12.6. The summed E-state index contributed by atoms with van der Waals surface area (Å²) in [4.78, 5) is 5.09. The lowest BCUT2D eigenvalue weighted by Crippen LogP contribution is -2.22. The van der Waals surface area contributed by atoms with E-state index in [0.29, 0.717) is 0 Å². The van der Waals surface area contributed by atoms with E-state index in [1.54, 1.807) is 0 Å². The topological polar surface area (TPSA) is 17.8 Å². The minimum absolute atomic E-state index is 0.0291. The van der Waals surface area contributed by atoms with Crippen molar-refractivity contribution in [1.29, 1.82) is 0 Å². The molecule has 6 aromatic rings. The van der Waals surface area contributed by atoms with Gasteiger partial charge in [-0.15, -0.1) is 0 Å². The Morgan fingerprint density at radius 2 is 1.14 bits per heavy atom. The molecule has 0 atom stereocenters. The van der Waals surface area contributed by atoms with Gasteiger partial charge in [-0.25, -0.2) is 4.98 Å². The molecule has 0 bridgehead atoms. The molecule has 44 heavy (non-hydrogen) atoms. The number of aromatic nitrogens is 2. The first-order chi connectivity index (χ1) is 21.4. The van der Waals surface area contributed by atoms with Crippen molar-refractivity contribution in [3.63, 3.8) is 0 Å². The number of rotatable bonds is 9. The van der Waals surface area contributed by atoms with Gasteiger partial charge in [0.05, 0.1) is 5.69 Å². The molecule has 0 fully saturated rings. The second-order valence-corrected chi connectivity index (χ2v) is 12.6. The number of unbranched alkanes of at least 4 members (excludes halogenated alkanes) is 1. The van der Waals surface area contributed by atoms with Gasteiger partial charge in [0.1, 0.15) is 5.82 Å². The Labute approximate surface area is 263 Å². The van der Waals surface area contributed by atoms with E-state index in [2.05, 4.69) is 167 Å². The Hall–Kier alpha value is -4.69. The number of imidazole rings is 1. The first-order valence-corrected chi connectivity index (χ1v) is 15.9. The van der Waals surface area contributed by atoms with Crippen LogP contribution in [-0.2, 0) is 5.41 Å². The molecular weight excluding hydrogens is 532 g/mol. The Morgan fingerprint density at radius 3 is 1.68 bits per heavy atom. The molecule has 0 amide bonds. The van der Waals surface area contributed by atoms with Crippen LogP contribution in [0.4, 0.5) is 0 Å². The Bertz CT molecular complexity index is 1800. The fourth-order valence-electron chi connectivity index (χ4n) is 6.46. The fourth-order valence-corrected chi connectivity index (χ4v) is 6.46. The molecule has 0 unspecified atom stereocenters. The number of hydrogen-bond donors (Lipinski definition) is 0. The summed E-state index contributed by atoms with van der Waals surface area (Å²) in [5, 5.41) is 0. The van der Waals surface area contributed by atoms with Crippen LogP contribution < -0.4 is 0 Å². The van der Waals surface area contributed by atoms with E-state index in [0.717, 1.165) is 17.8 Å². The first-order valence-electron chi connectivity index (χ1n) is 15.9. The minimum atomic E-state index is -0.0291. The molecule has 0 radical (unpaired) electrons. The summed E-state index contributed by atoms with van der Waals surface area (Å²) in [6.45, 7) is 11.5. The zero-order valence-corrected chi connectivity index (χ0v) is 26.6. The van der Waals surface area contributed by atoms with E-state index in [4.69, 9.17) is 4.98 Å². The number of nitrogens with zero attached hydrogens (tertiary/aromatic N) is 2. The predicted molar refractivity (Wildman–Crippen MR) is 187 cm³/mol. The average Bonchev–Trinajstić information content (AvgIpc) is 3.51. The maximum Gasteiger partial charge on any atom is 0.144 e. The molecule has 6 rings (SSSR count). The van der Waals surface area contributed by atoms with Crippen molar-refractivity contribution in [2.45, 2.75) is 59.3 Å². The van der Waals surface area contributed by atoms with E-state index in [1.165, 1.54) is 68.7 Å².